The molecule has 0 aliphatic heterocycles. The fourth-order valence-electron chi connectivity index (χ4n) is 3.08. The van der Waals surface area contributed by atoms with Gasteiger partial charge in [-0.2, -0.15) is 5.10 Å². The summed E-state index contributed by atoms with van der Waals surface area (Å²) in [5.74, 6) is -0.108. The van der Waals surface area contributed by atoms with Gasteiger partial charge in [-0.05, 0) is 57.5 Å². The van der Waals surface area contributed by atoms with Crippen molar-refractivity contribution in [3.63, 3.8) is 0 Å². The first-order chi connectivity index (χ1) is 13.3. The largest absolute Gasteiger partial charge is 0.322 e. The molecule has 3 aromatic rings. The van der Waals surface area contributed by atoms with Crippen molar-refractivity contribution in [1.29, 1.82) is 0 Å². The Morgan fingerprint density at radius 2 is 1.86 bits per heavy atom. The summed E-state index contributed by atoms with van der Waals surface area (Å²) in [6, 6.07) is 15.8. The van der Waals surface area contributed by atoms with E-state index >= 15 is 0 Å². The number of aryl methyl sites for hydroxylation is 2. The van der Waals surface area contributed by atoms with Crippen molar-refractivity contribution in [2.24, 2.45) is 0 Å². The molecule has 6 heteroatoms. The topological polar surface area (TPSA) is 59.0 Å². The third-order valence-electron chi connectivity index (χ3n) is 4.75. The van der Waals surface area contributed by atoms with E-state index in [-0.39, 0.29) is 18.5 Å². The van der Waals surface area contributed by atoms with E-state index in [1.165, 1.54) is 5.56 Å². The van der Waals surface area contributed by atoms with E-state index in [1.54, 1.807) is 0 Å². The molecule has 0 spiro atoms. The fraction of sp³-hybridized carbons (Fsp3) is 0.273. The Labute approximate surface area is 170 Å². The van der Waals surface area contributed by atoms with Gasteiger partial charge in [0.2, 0.25) is 5.91 Å². The van der Waals surface area contributed by atoms with Crippen LogP contribution in [-0.4, -0.2) is 22.2 Å². The van der Waals surface area contributed by atoms with Gasteiger partial charge in [0, 0.05) is 11.1 Å². The lowest BCUT2D eigenvalue weighted by Gasteiger charge is -2.14. The molecule has 0 fully saturated rings. The van der Waals surface area contributed by atoms with Gasteiger partial charge >= 0.3 is 0 Å². The van der Waals surface area contributed by atoms with E-state index in [2.05, 4.69) is 15.7 Å². The summed E-state index contributed by atoms with van der Waals surface area (Å²) in [5, 5.41) is 11.5. The average Bonchev–Trinajstić information content (AvgIpc) is 2.95. The van der Waals surface area contributed by atoms with Crippen molar-refractivity contribution in [3.8, 4) is 5.69 Å². The maximum Gasteiger partial charge on any atom is 0.238 e. The smallest absolute Gasteiger partial charge is 0.238 e. The van der Waals surface area contributed by atoms with E-state index in [0.29, 0.717) is 5.02 Å². The molecule has 0 unspecified atom stereocenters. The van der Waals surface area contributed by atoms with E-state index in [0.717, 1.165) is 28.3 Å². The van der Waals surface area contributed by atoms with E-state index in [9.17, 15) is 4.79 Å². The molecule has 28 heavy (non-hydrogen) atoms. The van der Waals surface area contributed by atoms with Gasteiger partial charge in [-0.1, -0.05) is 41.4 Å². The summed E-state index contributed by atoms with van der Waals surface area (Å²) in [4.78, 5) is 12.5. The lowest BCUT2D eigenvalue weighted by atomic mass is 10.1. The number of amides is 1. The van der Waals surface area contributed by atoms with Crippen LogP contribution >= 0.6 is 11.6 Å². The van der Waals surface area contributed by atoms with Crippen molar-refractivity contribution in [3.05, 3.63) is 76.1 Å². The molecule has 0 aliphatic rings. The fourth-order valence-corrected chi connectivity index (χ4v) is 3.28. The summed E-state index contributed by atoms with van der Waals surface area (Å²) < 4.78 is 1.85. The second kappa shape index (κ2) is 8.59. The summed E-state index contributed by atoms with van der Waals surface area (Å²) in [6.07, 6.45) is 0. The summed E-state index contributed by atoms with van der Waals surface area (Å²) in [7, 11) is 0. The molecular weight excluding hydrogens is 372 g/mol. The first-order valence-electron chi connectivity index (χ1n) is 9.27. The minimum atomic E-state index is -0.108. The zero-order valence-corrected chi connectivity index (χ0v) is 17.3. The highest BCUT2D eigenvalue weighted by Crippen LogP contribution is 2.23. The van der Waals surface area contributed by atoms with Gasteiger partial charge in [-0.3, -0.25) is 4.79 Å². The number of benzene rings is 2. The Balaban J connectivity index is 1.66. The lowest BCUT2D eigenvalue weighted by molar-refractivity contribution is -0.115. The van der Waals surface area contributed by atoms with Gasteiger partial charge in [0.1, 0.15) is 0 Å². The average molecular weight is 397 g/mol. The highest BCUT2D eigenvalue weighted by atomic mass is 35.5. The molecule has 1 aromatic heterocycles. The van der Waals surface area contributed by atoms with Crippen LogP contribution in [0.4, 0.5) is 5.69 Å². The Bertz CT molecular complexity index is 979. The molecule has 5 nitrogen and oxygen atoms in total. The predicted molar refractivity (Wildman–Crippen MR) is 114 cm³/mol. The van der Waals surface area contributed by atoms with Crippen molar-refractivity contribution in [2.45, 2.75) is 33.7 Å². The number of rotatable bonds is 6. The Hall–Kier alpha value is -2.63. The van der Waals surface area contributed by atoms with E-state index in [1.807, 2.05) is 80.9 Å². The highest BCUT2D eigenvalue weighted by Gasteiger charge is 2.16. The number of nitrogens with one attached hydrogen (secondary N) is 2. The molecule has 0 saturated heterocycles. The molecule has 1 heterocycles. The molecule has 0 aliphatic carbocycles. The summed E-state index contributed by atoms with van der Waals surface area (Å²) in [6.45, 7) is 8.11. The van der Waals surface area contributed by atoms with Crippen LogP contribution in [0.5, 0.6) is 0 Å². The molecule has 146 valence electrons. The quantitative estimate of drug-likeness (QED) is 0.632. The van der Waals surface area contributed by atoms with Crippen LogP contribution in [0, 0.1) is 20.8 Å². The third-order valence-corrected chi connectivity index (χ3v) is 4.99. The van der Waals surface area contributed by atoms with Crippen LogP contribution in [-0.2, 0) is 4.79 Å². The van der Waals surface area contributed by atoms with Gasteiger partial charge in [-0.25, -0.2) is 4.68 Å². The maximum absolute atomic E-state index is 12.5. The van der Waals surface area contributed by atoms with Crippen LogP contribution < -0.4 is 10.6 Å². The summed E-state index contributed by atoms with van der Waals surface area (Å²) >= 11 is 6.04. The second-order valence-corrected chi connectivity index (χ2v) is 7.44. The highest BCUT2D eigenvalue weighted by molar-refractivity contribution is 6.30. The molecule has 2 aromatic carbocycles. The van der Waals surface area contributed by atoms with Crippen LogP contribution in [0.15, 0.2) is 48.5 Å². The van der Waals surface area contributed by atoms with Gasteiger partial charge in [0.15, 0.2) is 0 Å². The Kier molecular flexibility index (Phi) is 6.17. The molecule has 0 bridgehead atoms. The van der Waals surface area contributed by atoms with E-state index < -0.39 is 0 Å². The minimum Gasteiger partial charge on any atom is -0.322 e. The van der Waals surface area contributed by atoms with Crippen molar-refractivity contribution >= 4 is 23.2 Å². The van der Waals surface area contributed by atoms with Crippen molar-refractivity contribution in [2.75, 3.05) is 11.9 Å². The molecule has 3 rings (SSSR count). The monoisotopic (exact) mass is 396 g/mol. The summed E-state index contributed by atoms with van der Waals surface area (Å²) in [5.41, 5.74) is 5.65. The normalized spacial score (nSPS) is 12.0. The number of carbonyl (C=O) groups is 1. The number of hydrogen-bond donors (Lipinski definition) is 2. The number of aromatic nitrogens is 2. The standard InChI is InChI=1S/C22H25ClN4O/c1-14-8-10-20(11-9-14)27-17(4)22(16(3)26-27)25-21(28)13-24-15(2)18-6-5-7-19(23)12-18/h5-12,15,24H,13H2,1-4H3,(H,25,28)/t15-/m1/s1. The molecule has 2 N–H and O–H groups in total. The number of carbonyl (C=O) groups excluding carboxylic acids is 1. The number of hydrogen-bond acceptors (Lipinski definition) is 3. The van der Waals surface area contributed by atoms with Gasteiger partial charge in [0.25, 0.3) is 0 Å². The zero-order chi connectivity index (χ0) is 20.3. The van der Waals surface area contributed by atoms with E-state index in [4.69, 9.17) is 11.6 Å². The second-order valence-electron chi connectivity index (χ2n) is 7.00. The number of halogens is 1. The lowest BCUT2D eigenvalue weighted by Crippen LogP contribution is -2.30. The van der Waals surface area contributed by atoms with Crippen molar-refractivity contribution < 1.29 is 4.79 Å². The van der Waals surface area contributed by atoms with Crippen LogP contribution in [0.2, 0.25) is 5.02 Å². The number of anilines is 1. The first-order valence-corrected chi connectivity index (χ1v) is 9.65. The molecular formula is C22H25ClN4O. The third kappa shape index (κ3) is 4.61. The first kappa shape index (κ1) is 20.1. The van der Waals surface area contributed by atoms with Gasteiger partial charge in [-0.15, -0.1) is 0 Å². The zero-order valence-electron chi connectivity index (χ0n) is 16.6. The molecule has 0 saturated carbocycles. The Morgan fingerprint density at radius 1 is 1.14 bits per heavy atom. The van der Waals surface area contributed by atoms with Crippen LogP contribution in [0.3, 0.4) is 0 Å². The van der Waals surface area contributed by atoms with Gasteiger partial charge in [0.05, 0.1) is 29.3 Å². The minimum absolute atomic E-state index is 0.0157. The predicted octanol–water partition coefficient (Wildman–Crippen LogP) is 4.74. The van der Waals surface area contributed by atoms with Crippen molar-refractivity contribution in [1.82, 2.24) is 15.1 Å². The molecule has 0 radical (unpaired) electrons. The number of nitrogens with zero attached hydrogens (tertiary/aromatic N) is 2. The SMILES string of the molecule is Cc1ccc(-n2nc(C)c(NC(=O)CN[C@H](C)c3cccc(Cl)c3)c2C)cc1. The Morgan fingerprint density at radius 3 is 2.54 bits per heavy atom. The van der Waals surface area contributed by atoms with Crippen LogP contribution in [0.1, 0.15) is 35.5 Å². The molecule has 1 amide bonds. The van der Waals surface area contributed by atoms with Crippen LogP contribution in [0.25, 0.3) is 5.69 Å². The molecule has 1 atom stereocenters. The van der Waals surface area contributed by atoms with Gasteiger partial charge < -0.3 is 10.6 Å². The maximum atomic E-state index is 12.5.